The van der Waals surface area contributed by atoms with E-state index in [9.17, 15) is 19.2 Å². The standard InChI is InChI=1S/C44H50N8O6/c1-23(2)35(49-43(55)57-5)41(53)51-19-7-9-33(51)39-45-31-17-13-27-21-25(11-15-29(27)37(31)47-39)26-12-16-30-28(22-26)14-18-32-38(30)48-40(46-32)34-10-8-20-52(34)42(54)36(24(3)4)50-44(56)58-6/h11-18,21-24,33-36H,7-10,19-20H2,1-6H3,(H,45,47)(H,46,48)(H,49,55)(H,50,56)/t33-,34-,35-,36-/m0/s1/i1D3,2D3,3D3,4D3. The normalized spacial score (nSPS) is 22.1. The highest BCUT2D eigenvalue weighted by molar-refractivity contribution is 6.07. The summed E-state index contributed by atoms with van der Waals surface area (Å²) in [5.41, 5.74) is 4.37. The van der Waals surface area contributed by atoms with Gasteiger partial charge in [-0.2, -0.15) is 0 Å². The molecule has 2 aliphatic rings. The first-order valence-electron chi connectivity index (χ1n) is 24.9. The molecule has 58 heavy (non-hydrogen) atoms. The number of alkyl carbamates (subject to hydrolysis) is 2. The summed E-state index contributed by atoms with van der Waals surface area (Å²) in [6.45, 7) is -12.2. The van der Waals surface area contributed by atoms with Gasteiger partial charge in [-0.3, -0.25) is 9.59 Å². The second-order valence-corrected chi connectivity index (χ2v) is 14.6. The van der Waals surface area contributed by atoms with E-state index in [4.69, 9.17) is 26.4 Å². The number of fused-ring (bicyclic) bond motifs is 6. The lowest BCUT2D eigenvalue weighted by Gasteiger charge is -2.29. The zero-order valence-corrected chi connectivity index (χ0v) is 31.7. The molecule has 14 nitrogen and oxygen atoms in total. The fraction of sp³-hybridized carbons (Fsp3) is 0.409. The van der Waals surface area contributed by atoms with Crippen LogP contribution >= 0.6 is 0 Å². The number of carbonyl (C=O) groups excluding carboxylic acids is 4. The number of aromatic nitrogens is 4. The van der Waals surface area contributed by atoms with Gasteiger partial charge in [0, 0.05) is 40.3 Å². The lowest BCUT2D eigenvalue weighted by molar-refractivity contribution is -0.136. The summed E-state index contributed by atoms with van der Waals surface area (Å²) in [6.07, 6.45) is -0.383. The van der Waals surface area contributed by atoms with Crippen LogP contribution in [0.15, 0.2) is 60.7 Å². The average molecular weight is 799 g/mol. The van der Waals surface area contributed by atoms with Gasteiger partial charge in [0.15, 0.2) is 0 Å². The van der Waals surface area contributed by atoms with Gasteiger partial charge in [-0.05, 0) is 83.7 Å². The van der Waals surface area contributed by atoms with Crippen molar-refractivity contribution in [2.45, 2.75) is 77.3 Å². The number of imidazole rings is 2. The minimum atomic E-state index is -3.13. The van der Waals surface area contributed by atoms with E-state index >= 15 is 0 Å². The van der Waals surface area contributed by atoms with Crippen molar-refractivity contribution in [3.8, 4) is 11.1 Å². The van der Waals surface area contributed by atoms with Gasteiger partial charge in [-0.15, -0.1) is 0 Å². The number of ether oxygens (including phenoxy) is 2. The molecular weight excluding hydrogens is 737 g/mol. The fourth-order valence-electron chi connectivity index (χ4n) is 8.25. The van der Waals surface area contributed by atoms with E-state index in [0.717, 1.165) is 46.9 Å². The van der Waals surface area contributed by atoms with Crippen molar-refractivity contribution in [1.29, 1.82) is 0 Å². The third-order valence-corrected chi connectivity index (χ3v) is 11.1. The van der Waals surface area contributed by atoms with Gasteiger partial charge in [0.1, 0.15) is 23.7 Å². The van der Waals surface area contributed by atoms with Gasteiger partial charge >= 0.3 is 12.2 Å². The molecule has 14 heteroatoms. The summed E-state index contributed by atoms with van der Waals surface area (Å²) in [5.74, 6) is -5.35. The molecule has 2 saturated heterocycles. The van der Waals surface area contributed by atoms with Gasteiger partial charge in [-0.25, -0.2) is 19.6 Å². The Morgan fingerprint density at radius 1 is 0.672 bits per heavy atom. The summed E-state index contributed by atoms with van der Waals surface area (Å²) in [7, 11) is 2.05. The van der Waals surface area contributed by atoms with Crippen molar-refractivity contribution in [1.82, 2.24) is 40.4 Å². The predicted molar refractivity (Wildman–Crippen MR) is 222 cm³/mol. The van der Waals surface area contributed by atoms with Crippen LogP contribution in [-0.4, -0.2) is 93.1 Å². The van der Waals surface area contributed by atoms with Crippen molar-refractivity contribution in [2.24, 2.45) is 11.8 Å². The summed E-state index contributed by atoms with van der Waals surface area (Å²) in [5, 5.41) is 7.72. The molecule has 302 valence electrons. The molecule has 4 N–H and O–H groups in total. The second-order valence-electron chi connectivity index (χ2n) is 14.6. The van der Waals surface area contributed by atoms with E-state index in [1.54, 1.807) is 0 Å². The van der Waals surface area contributed by atoms with Gasteiger partial charge in [0.05, 0.1) is 48.4 Å². The van der Waals surface area contributed by atoms with Gasteiger partial charge < -0.3 is 39.9 Å². The molecule has 0 unspecified atom stereocenters. The molecule has 8 rings (SSSR count). The molecule has 4 atom stereocenters. The highest BCUT2D eigenvalue weighted by atomic mass is 16.5. The fourth-order valence-corrected chi connectivity index (χ4v) is 8.25. The lowest BCUT2D eigenvalue weighted by Crippen LogP contribution is -2.51. The summed E-state index contributed by atoms with van der Waals surface area (Å²) < 4.78 is 105. The van der Waals surface area contributed by atoms with Gasteiger partial charge in [0.25, 0.3) is 0 Å². The molecular formula is C44H50N8O6. The number of carbonyl (C=O) groups is 4. The van der Waals surface area contributed by atoms with E-state index in [1.807, 2.05) is 60.7 Å². The van der Waals surface area contributed by atoms with E-state index in [0.29, 0.717) is 59.4 Å². The number of hydrogen-bond acceptors (Lipinski definition) is 8. The Morgan fingerprint density at radius 2 is 1.10 bits per heavy atom. The maximum absolute atomic E-state index is 14.1. The molecule has 0 saturated carbocycles. The van der Waals surface area contributed by atoms with E-state index < -0.39 is 87.4 Å². The monoisotopic (exact) mass is 798 g/mol. The first kappa shape index (κ1) is 26.7. The van der Waals surface area contributed by atoms with Gasteiger partial charge in [-0.1, -0.05) is 63.8 Å². The van der Waals surface area contributed by atoms with Crippen LogP contribution in [0.25, 0.3) is 54.7 Å². The molecule has 0 bridgehead atoms. The third-order valence-electron chi connectivity index (χ3n) is 11.1. The van der Waals surface area contributed by atoms with Crippen molar-refractivity contribution in [3.05, 3.63) is 72.3 Å². The van der Waals surface area contributed by atoms with Crippen LogP contribution in [0, 0.1) is 11.8 Å². The number of methoxy groups -OCH3 is 2. The number of aromatic amines is 2. The van der Waals surface area contributed by atoms with Crippen molar-refractivity contribution >= 4 is 67.6 Å². The number of nitrogens with zero attached hydrogens (tertiary/aromatic N) is 4. The Labute approximate surface area is 352 Å². The molecule has 4 heterocycles. The first-order valence-corrected chi connectivity index (χ1v) is 18.9. The zero-order valence-electron chi connectivity index (χ0n) is 43.7. The SMILES string of the molecule is [2H]C([2H])([2H])C([C@H](NC(=O)OC)C(=O)N1CCC[C@H]1c1nc2c(ccc3cc(-c4ccc5c(ccc6[nH]c([C@@H]7CCCN7C(=O)[C@@H](NC(=O)OC)C(C([2H])([2H])[2H])C([2H])([2H])[2H])nc65)c4)ccc32)[nH]1)C([2H])([2H])[2H]. The Morgan fingerprint density at radius 3 is 1.50 bits per heavy atom. The molecule has 0 spiro atoms. The van der Waals surface area contributed by atoms with Crippen LogP contribution in [0.4, 0.5) is 9.59 Å². The predicted octanol–water partition coefficient (Wildman–Crippen LogP) is 7.50. The van der Waals surface area contributed by atoms with Crippen LogP contribution in [0.2, 0.25) is 0 Å². The van der Waals surface area contributed by atoms with Crippen molar-refractivity contribution < 1.29 is 45.1 Å². The van der Waals surface area contributed by atoms with Crippen molar-refractivity contribution in [3.63, 3.8) is 0 Å². The molecule has 2 fully saturated rings. The maximum Gasteiger partial charge on any atom is 0.407 e. The summed E-state index contributed by atoms with van der Waals surface area (Å²) in [6, 6.07) is 14.2. The Balaban J connectivity index is 1.06. The van der Waals surface area contributed by atoms with Crippen LogP contribution in [-0.2, 0) is 19.1 Å². The Bertz CT molecular complexity index is 2780. The first-order chi connectivity index (χ1) is 32.8. The number of nitrogens with one attached hydrogen (secondary N) is 4. The lowest BCUT2D eigenvalue weighted by atomic mass is 9.98. The van der Waals surface area contributed by atoms with Gasteiger partial charge in [0.2, 0.25) is 11.8 Å². The molecule has 0 radical (unpaired) electrons. The topological polar surface area (TPSA) is 175 Å². The molecule has 4 aromatic carbocycles. The van der Waals surface area contributed by atoms with E-state index in [-0.39, 0.29) is 13.1 Å². The number of likely N-dealkylation sites (tertiary alicyclic amines) is 2. The van der Waals surface area contributed by atoms with Crippen LogP contribution in [0.3, 0.4) is 0 Å². The summed E-state index contributed by atoms with van der Waals surface area (Å²) in [4.78, 5) is 72.1. The molecule has 2 aliphatic heterocycles. The maximum atomic E-state index is 14.1. The second kappa shape index (κ2) is 15.6. The highest BCUT2D eigenvalue weighted by Crippen LogP contribution is 2.37. The average Bonchev–Trinajstić information content (AvgIpc) is 4.11. The van der Waals surface area contributed by atoms with E-state index in [2.05, 4.69) is 30.1 Å². The molecule has 2 aromatic heterocycles. The highest BCUT2D eigenvalue weighted by Gasteiger charge is 2.39. The molecule has 6 aromatic rings. The number of hydrogen-bond donors (Lipinski definition) is 4. The quantitative estimate of drug-likeness (QED) is 0.116. The number of H-pyrrole nitrogens is 2. The summed E-state index contributed by atoms with van der Waals surface area (Å²) >= 11 is 0. The molecule has 4 amide bonds. The third kappa shape index (κ3) is 7.05. The van der Waals surface area contributed by atoms with E-state index in [1.165, 1.54) is 9.80 Å². The van der Waals surface area contributed by atoms with Crippen LogP contribution in [0.1, 0.15) is 93.3 Å². The largest absolute Gasteiger partial charge is 0.453 e. The smallest absolute Gasteiger partial charge is 0.407 e. The minimum absolute atomic E-state index is 0.169. The molecule has 0 aliphatic carbocycles. The Kier molecular flexibility index (Phi) is 7.19. The Hall–Kier alpha value is -6.18. The van der Waals surface area contributed by atoms with Crippen LogP contribution < -0.4 is 10.6 Å². The number of amides is 4. The van der Waals surface area contributed by atoms with Crippen molar-refractivity contribution in [2.75, 3.05) is 27.3 Å². The zero-order chi connectivity index (χ0) is 50.8. The minimum Gasteiger partial charge on any atom is -0.453 e. The number of rotatable bonds is 9. The number of benzene rings is 4. The van der Waals surface area contributed by atoms with Crippen LogP contribution in [0.5, 0.6) is 0 Å².